The molecule has 8 nitrogen and oxygen atoms in total. The van der Waals surface area contributed by atoms with Crippen molar-refractivity contribution in [2.45, 2.75) is 33.4 Å². The van der Waals surface area contributed by atoms with Crippen LogP contribution in [0.4, 0.5) is 5.69 Å². The Bertz CT molecular complexity index is 1030. The van der Waals surface area contributed by atoms with Gasteiger partial charge < -0.3 is 10.2 Å². The van der Waals surface area contributed by atoms with Crippen LogP contribution < -0.4 is 9.62 Å². The number of anilines is 1. The maximum absolute atomic E-state index is 13.5. The van der Waals surface area contributed by atoms with Gasteiger partial charge in [-0.25, -0.2) is 4.31 Å². The number of nitrogens with zero attached hydrogens (tertiary/aromatic N) is 3. The maximum atomic E-state index is 13.5. The number of carbonyl (C=O) groups is 2. The summed E-state index contributed by atoms with van der Waals surface area (Å²) in [6.07, 6.45) is 0. The van der Waals surface area contributed by atoms with Gasteiger partial charge in [0, 0.05) is 27.2 Å². The smallest absolute Gasteiger partial charge is 0.304 e. The fraction of sp³-hybridized carbons (Fsp3) is 0.391. The lowest BCUT2D eigenvalue weighted by Crippen LogP contribution is -2.52. The summed E-state index contributed by atoms with van der Waals surface area (Å²) in [4.78, 5) is 27.5. The van der Waals surface area contributed by atoms with E-state index in [9.17, 15) is 18.0 Å². The predicted octanol–water partition coefficient (Wildman–Crippen LogP) is 2.16. The van der Waals surface area contributed by atoms with Crippen molar-refractivity contribution in [2.24, 2.45) is 0 Å². The van der Waals surface area contributed by atoms with Crippen LogP contribution in [0, 0.1) is 6.92 Å². The van der Waals surface area contributed by atoms with Gasteiger partial charge in [0.2, 0.25) is 11.8 Å². The van der Waals surface area contributed by atoms with E-state index in [1.54, 1.807) is 44.2 Å². The van der Waals surface area contributed by atoms with Gasteiger partial charge in [0.1, 0.15) is 12.6 Å². The second-order valence-electron chi connectivity index (χ2n) is 7.65. The summed E-state index contributed by atoms with van der Waals surface area (Å²) >= 11 is 0. The van der Waals surface area contributed by atoms with Crippen molar-refractivity contribution >= 4 is 27.7 Å². The van der Waals surface area contributed by atoms with Crippen molar-refractivity contribution in [3.8, 4) is 0 Å². The van der Waals surface area contributed by atoms with Gasteiger partial charge in [-0.3, -0.25) is 9.59 Å². The molecule has 0 aliphatic carbocycles. The minimum atomic E-state index is -3.94. The number of amides is 2. The molecule has 0 spiro atoms. The summed E-state index contributed by atoms with van der Waals surface area (Å²) in [5.41, 5.74) is 2.24. The average Bonchev–Trinajstić information content (AvgIpc) is 2.76. The summed E-state index contributed by atoms with van der Waals surface area (Å²) in [7, 11) is -1.11. The molecule has 0 bridgehead atoms. The molecule has 174 valence electrons. The van der Waals surface area contributed by atoms with Gasteiger partial charge in [0.15, 0.2) is 0 Å². The number of hydrogen-bond acceptors (Lipinski definition) is 4. The largest absolute Gasteiger partial charge is 0.355 e. The Morgan fingerprint density at radius 2 is 1.59 bits per heavy atom. The molecule has 0 aromatic heterocycles. The van der Waals surface area contributed by atoms with Crippen molar-refractivity contribution < 1.29 is 18.0 Å². The molecule has 2 amide bonds. The summed E-state index contributed by atoms with van der Waals surface area (Å²) in [6.45, 7) is 5.57. The lowest BCUT2D eigenvalue weighted by atomic mass is 10.1. The molecule has 0 heterocycles. The van der Waals surface area contributed by atoms with Gasteiger partial charge in [-0.2, -0.15) is 12.7 Å². The molecule has 1 N–H and O–H groups in total. The Morgan fingerprint density at radius 1 is 1.00 bits per heavy atom. The number of likely N-dealkylation sites (N-methyl/N-ethyl adjacent to an activating group) is 1. The van der Waals surface area contributed by atoms with E-state index in [1.165, 1.54) is 19.0 Å². The Kier molecular flexibility index (Phi) is 8.80. The van der Waals surface area contributed by atoms with Crippen LogP contribution in [0.5, 0.6) is 0 Å². The molecule has 32 heavy (non-hydrogen) atoms. The van der Waals surface area contributed by atoms with E-state index in [4.69, 9.17) is 0 Å². The molecule has 0 saturated carbocycles. The molecular weight excluding hydrogens is 428 g/mol. The number of carbonyl (C=O) groups excluding carboxylic acids is 2. The Labute approximate surface area is 191 Å². The third kappa shape index (κ3) is 6.08. The van der Waals surface area contributed by atoms with E-state index in [0.29, 0.717) is 12.2 Å². The van der Waals surface area contributed by atoms with Crippen LogP contribution >= 0.6 is 0 Å². The molecule has 0 unspecified atom stereocenters. The standard InChI is InChI=1S/C23H32N4O4S/c1-6-24-23(29)19(3)26(16-20-13-11-10-12-18(20)2)22(28)17-27(32(30,31)25(4)5)21-14-8-7-9-15-21/h7-15,19H,6,16-17H2,1-5H3,(H,24,29)/t19-/m1/s1. The molecule has 2 rings (SSSR count). The van der Waals surface area contributed by atoms with Crippen LogP contribution in [0.2, 0.25) is 0 Å². The lowest BCUT2D eigenvalue weighted by molar-refractivity contribution is -0.139. The highest BCUT2D eigenvalue weighted by atomic mass is 32.2. The Balaban J connectivity index is 2.43. The van der Waals surface area contributed by atoms with Gasteiger partial charge in [-0.15, -0.1) is 0 Å². The van der Waals surface area contributed by atoms with Crippen molar-refractivity contribution in [1.82, 2.24) is 14.5 Å². The highest BCUT2D eigenvalue weighted by Gasteiger charge is 2.32. The maximum Gasteiger partial charge on any atom is 0.304 e. The number of benzene rings is 2. The van der Waals surface area contributed by atoms with Crippen molar-refractivity contribution in [3.05, 3.63) is 65.7 Å². The van der Waals surface area contributed by atoms with E-state index in [2.05, 4.69) is 5.32 Å². The molecule has 1 atom stereocenters. The summed E-state index contributed by atoms with van der Waals surface area (Å²) < 4.78 is 28.1. The van der Waals surface area contributed by atoms with E-state index in [-0.39, 0.29) is 12.5 Å². The third-order valence-corrected chi connectivity index (χ3v) is 7.00. The monoisotopic (exact) mass is 460 g/mol. The van der Waals surface area contributed by atoms with Crippen LogP contribution in [-0.4, -0.2) is 62.7 Å². The first kappa shape index (κ1) is 25.4. The van der Waals surface area contributed by atoms with E-state index < -0.39 is 28.7 Å². The first-order valence-corrected chi connectivity index (χ1v) is 11.9. The fourth-order valence-electron chi connectivity index (χ4n) is 3.19. The zero-order valence-electron chi connectivity index (χ0n) is 19.3. The predicted molar refractivity (Wildman–Crippen MR) is 126 cm³/mol. The zero-order valence-corrected chi connectivity index (χ0v) is 20.1. The summed E-state index contributed by atoms with van der Waals surface area (Å²) in [5, 5.41) is 2.74. The van der Waals surface area contributed by atoms with Gasteiger partial charge in [-0.1, -0.05) is 42.5 Å². The summed E-state index contributed by atoms with van der Waals surface area (Å²) in [6, 6.07) is 15.3. The third-order valence-electron chi connectivity index (χ3n) is 5.18. The summed E-state index contributed by atoms with van der Waals surface area (Å²) in [5.74, 6) is -0.766. The van der Waals surface area contributed by atoms with Crippen molar-refractivity contribution in [1.29, 1.82) is 0 Å². The first-order chi connectivity index (χ1) is 15.1. The number of nitrogens with one attached hydrogen (secondary N) is 1. The van der Waals surface area contributed by atoms with Gasteiger partial charge in [-0.05, 0) is 44.0 Å². The van der Waals surface area contributed by atoms with Crippen LogP contribution in [0.1, 0.15) is 25.0 Å². The van der Waals surface area contributed by atoms with E-state index in [1.807, 2.05) is 31.2 Å². The number of aryl methyl sites for hydroxylation is 1. The molecule has 0 radical (unpaired) electrons. The molecule has 9 heteroatoms. The average molecular weight is 461 g/mol. The molecule has 0 aliphatic heterocycles. The molecule has 0 aliphatic rings. The van der Waals surface area contributed by atoms with E-state index >= 15 is 0 Å². The highest BCUT2D eigenvalue weighted by molar-refractivity contribution is 7.90. The van der Waals surface area contributed by atoms with Crippen LogP contribution in [0.25, 0.3) is 0 Å². The van der Waals surface area contributed by atoms with Crippen LogP contribution in [0.3, 0.4) is 0 Å². The molecule has 0 fully saturated rings. The van der Waals surface area contributed by atoms with Crippen LogP contribution in [0.15, 0.2) is 54.6 Å². The second-order valence-corrected chi connectivity index (χ2v) is 9.72. The topological polar surface area (TPSA) is 90.0 Å². The van der Waals surface area contributed by atoms with E-state index in [0.717, 1.165) is 19.7 Å². The fourth-order valence-corrected chi connectivity index (χ4v) is 4.24. The SMILES string of the molecule is CCNC(=O)[C@@H](C)N(Cc1ccccc1C)C(=O)CN(c1ccccc1)S(=O)(=O)N(C)C. The Morgan fingerprint density at radius 3 is 2.16 bits per heavy atom. The van der Waals surface area contributed by atoms with Gasteiger partial charge >= 0.3 is 10.2 Å². The molecule has 2 aromatic carbocycles. The van der Waals surface area contributed by atoms with Crippen molar-refractivity contribution in [2.75, 3.05) is 31.5 Å². The number of rotatable bonds is 10. The number of hydrogen-bond donors (Lipinski definition) is 1. The second kappa shape index (κ2) is 11.1. The van der Waals surface area contributed by atoms with Crippen molar-refractivity contribution in [3.63, 3.8) is 0 Å². The quantitative estimate of drug-likeness (QED) is 0.588. The Hall–Kier alpha value is -2.91. The first-order valence-electron chi connectivity index (χ1n) is 10.5. The number of para-hydroxylation sites is 1. The lowest BCUT2D eigenvalue weighted by Gasteiger charge is -2.33. The molecule has 0 saturated heterocycles. The van der Waals surface area contributed by atoms with Gasteiger partial charge in [0.05, 0.1) is 5.69 Å². The zero-order chi connectivity index (χ0) is 23.9. The van der Waals surface area contributed by atoms with Crippen LogP contribution in [-0.2, 0) is 26.3 Å². The highest BCUT2D eigenvalue weighted by Crippen LogP contribution is 2.21. The normalized spacial score (nSPS) is 12.3. The molecular formula is C23H32N4O4S. The van der Waals surface area contributed by atoms with Gasteiger partial charge in [0.25, 0.3) is 0 Å². The molecule has 2 aromatic rings. The minimum Gasteiger partial charge on any atom is -0.355 e. The minimum absolute atomic E-state index is 0.189.